The number of hydrogen-bond acceptors (Lipinski definition) is 6. The maximum atomic E-state index is 12.6. The molecule has 0 radical (unpaired) electrons. The first-order chi connectivity index (χ1) is 33.1. The molecule has 1 unspecified atom stereocenters. The molecule has 0 heterocycles. The Hall–Kier alpha value is 0.850. The minimum atomic E-state index is -5.21. The molecule has 0 aliphatic carbocycles. The summed E-state index contributed by atoms with van der Waals surface area (Å²) >= 11 is 0. The van der Waals surface area contributed by atoms with Crippen molar-refractivity contribution in [3.63, 3.8) is 0 Å². The molecule has 0 fully saturated rings. The maximum absolute atomic E-state index is 12.6. The van der Waals surface area contributed by atoms with Gasteiger partial charge >= 0.3 is 59.1 Å². The van der Waals surface area contributed by atoms with E-state index in [0.717, 1.165) is 38.5 Å². The second-order valence-corrected chi connectivity index (χ2v) is 23.3. The van der Waals surface area contributed by atoms with Crippen molar-refractivity contribution in [3.05, 3.63) is 0 Å². The van der Waals surface area contributed by atoms with Crippen LogP contribution < -0.4 is 69.3 Å². The molecular formula is C60H116Na2O7S. The van der Waals surface area contributed by atoms with Crippen LogP contribution in [-0.2, 0) is 19.7 Å². The van der Waals surface area contributed by atoms with Gasteiger partial charge in [-0.3, -0.25) is 4.55 Å². The van der Waals surface area contributed by atoms with E-state index in [1.54, 1.807) is 0 Å². The predicted molar refractivity (Wildman–Crippen MR) is 288 cm³/mol. The van der Waals surface area contributed by atoms with Gasteiger partial charge in [-0.25, -0.2) is 0 Å². The van der Waals surface area contributed by atoms with E-state index in [0.29, 0.717) is 25.7 Å². The Morgan fingerprint density at radius 3 is 0.586 bits per heavy atom. The van der Waals surface area contributed by atoms with Crippen LogP contribution in [0.2, 0.25) is 0 Å². The van der Waals surface area contributed by atoms with E-state index >= 15 is 0 Å². The molecular weight excluding hydrogens is 911 g/mol. The Morgan fingerprint density at radius 1 is 0.329 bits per heavy atom. The van der Waals surface area contributed by atoms with E-state index in [-0.39, 0.29) is 72.0 Å². The molecule has 0 saturated carbocycles. The van der Waals surface area contributed by atoms with Crippen LogP contribution in [0.3, 0.4) is 0 Å². The van der Waals surface area contributed by atoms with Crippen LogP contribution in [0, 0.1) is 5.41 Å². The molecule has 0 aromatic rings. The smallest absolute Gasteiger partial charge is 0.549 e. The molecule has 0 aromatic carbocycles. The molecule has 1 atom stereocenters. The van der Waals surface area contributed by atoms with Gasteiger partial charge < -0.3 is 19.8 Å². The number of carbonyl (C=O) groups is 2. The van der Waals surface area contributed by atoms with Gasteiger partial charge in [-0.05, 0) is 12.8 Å². The summed E-state index contributed by atoms with van der Waals surface area (Å²) in [6.45, 7) is 4.57. The Balaban J connectivity index is -0.0000224. The van der Waals surface area contributed by atoms with Crippen LogP contribution in [0.1, 0.15) is 361 Å². The SMILES string of the molecule is CCCCCCCCCCCCCCCCCCCCCCCCCCCCC(CCCCCCCCCCCCCCCCCCCCCCCCCCCC)(C(=O)[O-])C(C(=O)[O-])S(=O)(=O)O.[Na+].[Na+]. The van der Waals surface area contributed by atoms with Gasteiger partial charge in [0, 0.05) is 11.4 Å². The number of carbonyl (C=O) groups excluding carboxylic acids is 2. The summed E-state index contributed by atoms with van der Waals surface area (Å²) in [6, 6.07) is 0. The van der Waals surface area contributed by atoms with Crippen molar-refractivity contribution in [2.45, 2.75) is 366 Å². The largest absolute Gasteiger partial charge is 1.00 e. The number of hydrogen-bond donors (Lipinski definition) is 1. The third kappa shape index (κ3) is 48.5. The van der Waals surface area contributed by atoms with Gasteiger partial charge in [-0.1, -0.05) is 348 Å². The molecule has 0 bridgehead atoms. The Morgan fingerprint density at radius 2 is 0.471 bits per heavy atom. The zero-order chi connectivity index (χ0) is 49.9. The third-order valence-electron chi connectivity index (χ3n) is 15.4. The summed E-state index contributed by atoms with van der Waals surface area (Å²) in [5.41, 5.74) is -2.20. The van der Waals surface area contributed by atoms with E-state index in [4.69, 9.17) is 0 Å². The van der Waals surface area contributed by atoms with Crippen LogP contribution in [0.25, 0.3) is 0 Å². The number of aliphatic carboxylic acids is 2. The quantitative estimate of drug-likeness (QED) is 0.0364. The summed E-state index contributed by atoms with van der Waals surface area (Å²) in [5.74, 6) is -3.79. The average Bonchev–Trinajstić information content (AvgIpc) is 3.30. The molecule has 0 saturated heterocycles. The summed E-state index contributed by atoms with van der Waals surface area (Å²) < 4.78 is 34.4. The van der Waals surface area contributed by atoms with Gasteiger partial charge in [-0.2, -0.15) is 8.42 Å². The fraction of sp³-hybridized carbons (Fsp3) is 0.967. The normalized spacial score (nSPS) is 12.2. The summed E-state index contributed by atoms with van der Waals surface area (Å²) in [5, 5.41) is 22.1. The van der Waals surface area contributed by atoms with Crippen molar-refractivity contribution >= 4 is 22.1 Å². The summed E-state index contributed by atoms with van der Waals surface area (Å²) in [4.78, 5) is 24.6. The van der Waals surface area contributed by atoms with Crippen LogP contribution >= 0.6 is 0 Å². The Bertz CT molecular complexity index is 1130. The van der Waals surface area contributed by atoms with Crippen molar-refractivity contribution in [2.75, 3.05) is 0 Å². The van der Waals surface area contributed by atoms with Crippen LogP contribution in [-0.4, -0.2) is 30.2 Å². The van der Waals surface area contributed by atoms with Crippen molar-refractivity contribution in [1.29, 1.82) is 0 Å². The van der Waals surface area contributed by atoms with E-state index in [1.807, 2.05) is 0 Å². The molecule has 0 amide bonds. The minimum Gasteiger partial charge on any atom is -0.549 e. The average molecular weight is 1030 g/mol. The third-order valence-corrected chi connectivity index (χ3v) is 16.6. The molecule has 7 nitrogen and oxygen atoms in total. The summed E-state index contributed by atoms with van der Waals surface area (Å²) in [6.07, 6.45) is 65.3. The van der Waals surface area contributed by atoms with E-state index in [9.17, 15) is 32.8 Å². The first-order valence-electron chi connectivity index (χ1n) is 30.5. The molecule has 406 valence electrons. The van der Waals surface area contributed by atoms with Gasteiger partial charge in [0.05, 0.1) is 5.97 Å². The van der Waals surface area contributed by atoms with Gasteiger partial charge in [-0.15, -0.1) is 0 Å². The minimum absolute atomic E-state index is 0. The number of rotatable bonds is 58. The van der Waals surface area contributed by atoms with Gasteiger partial charge in [0.2, 0.25) is 0 Å². The number of unbranched alkanes of at least 4 members (excludes halogenated alkanes) is 50. The van der Waals surface area contributed by atoms with Crippen LogP contribution in [0.4, 0.5) is 0 Å². The van der Waals surface area contributed by atoms with E-state index in [2.05, 4.69) is 13.8 Å². The van der Waals surface area contributed by atoms with E-state index in [1.165, 1.54) is 270 Å². The second kappa shape index (κ2) is 57.6. The van der Waals surface area contributed by atoms with Crippen molar-refractivity contribution in [2.24, 2.45) is 5.41 Å². The fourth-order valence-electron chi connectivity index (χ4n) is 10.8. The molecule has 1 N–H and O–H groups in total. The Kier molecular flexibility index (Phi) is 61.7. The van der Waals surface area contributed by atoms with Crippen LogP contribution in [0.15, 0.2) is 0 Å². The van der Waals surface area contributed by atoms with Gasteiger partial charge in [0.1, 0.15) is 5.25 Å². The van der Waals surface area contributed by atoms with Gasteiger partial charge in [0.25, 0.3) is 10.1 Å². The van der Waals surface area contributed by atoms with E-state index < -0.39 is 32.7 Å². The zero-order valence-corrected chi connectivity index (χ0v) is 52.4. The molecule has 0 aliphatic heterocycles. The van der Waals surface area contributed by atoms with Crippen molar-refractivity contribution in [1.82, 2.24) is 0 Å². The first kappa shape index (κ1) is 75.1. The topological polar surface area (TPSA) is 135 Å². The van der Waals surface area contributed by atoms with Crippen molar-refractivity contribution in [3.8, 4) is 0 Å². The Labute approximate surface area is 481 Å². The monoisotopic (exact) mass is 1030 g/mol. The van der Waals surface area contributed by atoms with Gasteiger partial charge in [0.15, 0.2) is 0 Å². The predicted octanol–water partition coefficient (Wildman–Crippen LogP) is 11.8. The first-order valence-corrected chi connectivity index (χ1v) is 32.0. The molecule has 10 heteroatoms. The zero-order valence-electron chi connectivity index (χ0n) is 47.6. The maximum Gasteiger partial charge on any atom is 1.00 e. The number of carboxylic acids is 2. The number of carboxylic acid groups (broad SMARTS) is 2. The molecule has 0 aromatic heterocycles. The summed E-state index contributed by atoms with van der Waals surface area (Å²) in [7, 11) is -5.21. The molecule has 0 spiro atoms. The molecule has 0 aliphatic rings. The second-order valence-electron chi connectivity index (χ2n) is 21.8. The fourth-order valence-corrected chi connectivity index (χ4v) is 12.0. The standard InChI is InChI=1S/C60H118O7S.2Na/c1-3-5-7-9-11-13-15-17-19-21-23-25-27-29-31-33-35-37-39-41-43-45-47-49-51-53-55-60(59(63)64,57(58(61)62)68(65,66)67)56-54-52-50-48-46-44-42-40-38-36-34-32-30-28-26-24-22-20-18-16-14-12-10-8-6-4-2;;/h57H,3-56H2,1-2H3,(H,61,62)(H,63,64)(H,65,66,67);;/q;2*+1/p-2. The molecule has 0 rings (SSSR count). The van der Waals surface area contributed by atoms with Crippen LogP contribution in [0.5, 0.6) is 0 Å². The molecule has 70 heavy (non-hydrogen) atoms. The van der Waals surface area contributed by atoms with Crippen molar-refractivity contribution < 1.29 is 91.9 Å².